The van der Waals surface area contributed by atoms with Crippen molar-refractivity contribution in [1.82, 2.24) is 9.80 Å². The van der Waals surface area contributed by atoms with E-state index in [-0.39, 0.29) is 17.8 Å². The van der Waals surface area contributed by atoms with Gasteiger partial charge in [-0.15, -0.1) is 0 Å². The van der Waals surface area contributed by atoms with E-state index in [2.05, 4.69) is 4.90 Å². The molecule has 1 atom stereocenters. The molecule has 1 aromatic rings. The second-order valence-corrected chi connectivity index (χ2v) is 6.21. The Morgan fingerprint density at radius 1 is 1.32 bits per heavy atom. The number of hydrogen-bond donors (Lipinski definition) is 0. The third-order valence-electron chi connectivity index (χ3n) is 4.33. The average Bonchev–Trinajstić information content (AvgIpc) is 3.05. The fourth-order valence-electron chi connectivity index (χ4n) is 3.01. The van der Waals surface area contributed by atoms with Crippen molar-refractivity contribution in [2.75, 3.05) is 32.8 Å². The minimum absolute atomic E-state index is 0.0982. The maximum absolute atomic E-state index is 13.8. The standard InChI is InChI=1S/C16H20ClFN2O2/c17-13-3-1-4-14(18)12(13)11-19-6-8-20(9-7-19)16(21)15-5-2-10-22-15/h1,3-4,15H,2,5-11H2/t15-/m0/s1. The van der Waals surface area contributed by atoms with Crippen molar-refractivity contribution in [3.8, 4) is 0 Å². The van der Waals surface area contributed by atoms with Crippen LogP contribution in [-0.4, -0.2) is 54.6 Å². The molecule has 2 heterocycles. The molecule has 120 valence electrons. The summed E-state index contributed by atoms with van der Waals surface area (Å²) in [7, 11) is 0. The Labute approximate surface area is 134 Å². The Bertz CT molecular complexity index is 521. The van der Waals surface area contributed by atoms with Gasteiger partial charge in [0.25, 0.3) is 5.91 Å². The van der Waals surface area contributed by atoms with E-state index < -0.39 is 0 Å². The number of halogens is 2. The highest BCUT2D eigenvalue weighted by molar-refractivity contribution is 6.31. The lowest BCUT2D eigenvalue weighted by Gasteiger charge is -2.35. The molecule has 22 heavy (non-hydrogen) atoms. The number of rotatable bonds is 3. The fourth-order valence-corrected chi connectivity index (χ4v) is 3.23. The van der Waals surface area contributed by atoms with Crippen molar-refractivity contribution in [2.45, 2.75) is 25.5 Å². The molecule has 0 saturated carbocycles. The monoisotopic (exact) mass is 326 g/mol. The summed E-state index contributed by atoms with van der Waals surface area (Å²) in [4.78, 5) is 16.3. The average molecular weight is 327 g/mol. The molecule has 1 amide bonds. The van der Waals surface area contributed by atoms with Crippen LogP contribution in [0.4, 0.5) is 4.39 Å². The molecule has 0 aliphatic carbocycles. The Kier molecular flexibility index (Phi) is 4.96. The molecule has 6 heteroatoms. The molecule has 2 saturated heterocycles. The highest BCUT2D eigenvalue weighted by Gasteiger charge is 2.30. The maximum Gasteiger partial charge on any atom is 0.251 e. The van der Waals surface area contributed by atoms with E-state index in [1.54, 1.807) is 12.1 Å². The third-order valence-corrected chi connectivity index (χ3v) is 4.69. The first-order chi connectivity index (χ1) is 10.6. The molecule has 0 unspecified atom stereocenters. The van der Waals surface area contributed by atoms with Crippen molar-refractivity contribution >= 4 is 17.5 Å². The van der Waals surface area contributed by atoms with Gasteiger partial charge in [-0.1, -0.05) is 17.7 Å². The Morgan fingerprint density at radius 3 is 2.73 bits per heavy atom. The molecule has 1 aromatic carbocycles. The summed E-state index contributed by atoms with van der Waals surface area (Å²) in [5, 5.41) is 0.456. The first kappa shape index (κ1) is 15.7. The van der Waals surface area contributed by atoms with Gasteiger partial charge in [-0.3, -0.25) is 9.69 Å². The molecule has 0 aromatic heterocycles. The second-order valence-electron chi connectivity index (χ2n) is 5.80. The van der Waals surface area contributed by atoms with Gasteiger partial charge in [0.05, 0.1) is 0 Å². The molecular weight excluding hydrogens is 307 g/mol. The molecule has 3 rings (SSSR count). The molecule has 2 fully saturated rings. The van der Waals surface area contributed by atoms with E-state index in [1.165, 1.54) is 6.07 Å². The fraction of sp³-hybridized carbons (Fsp3) is 0.562. The van der Waals surface area contributed by atoms with Gasteiger partial charge in [0.1, 0.15) is 11.9 Å². The van der Waals surface area contributed by atoms with Crippen molar-refractivity contribution < 1.29 is 13.9 Å². The Hall–Kier alpha value is -1.17. The summed E-state index contributed by atoms with van der Waals surface area (Å²) >= 11 is 6.07. The quantitative estimate of drug-likeness (QED) is 0.854. The minimum atomic E-state index is -0.273. The van der Waals surface area contributed by atoms with Gasteiger partial charge in [-0.05, 0) is 25.0 Å². The van der Waals surface area contributed by atoms with E-state index in [1.807, 2.05) is 4.90 Å². The van der Waals surface area contributed by atoms with Crippen LogP contribution >= 0.6 is 11.6 Å². The van der Waals surface area contributed by atoms with Crippen molar-refractivity contribution in [3.63, 3.8) is 0 Å². The number of ether oxygens (including phenoxy) is 1. The zero-order valence-corrected chi connectivity index (χ0v) is 13.2. The smallest absolute Gasteiger partial charge is 0.251 e. The number of carbonyl (C=O) groups excluding carboxylic acids is 1. The molecule has 2 aliphatic heterocycles. The van der Waals surface area contributed by atoms with Crippen LogP contribution in [0.25, 0.3) is 0 Å². The highest BCUT2D eigenvalue weighted by Crippen LogP contribution is 2.22. The number of amides is 1. The van der Waals surface area contributed by atoms with Crippen LogP contribution in [0.2, 0.25) is 5.02 Å². The molecule has 4 nitrogen and oxygen atoms in total. The molecular formula is C16H20ClFN2O2. The van der Waals surface area contributed by atoms with Gasteiger partial charge in [0.15, 0.2) is 0 Å². The van der Waals surface area contributed by atoms with E-state index in [0.29, 0.717) is 36.8 Å². The summed E-state index contributed by atoms with van der Waals surface area (Å²) < 4.78 is 19.3. The van der Waals surface area contributed by atoms with Crippen LogP contribution in [-0.2, 0) is 16.1 Å². The maximum atomic E-state index is 13.8. The topological polar surface area (TPSA) is 32.8 Å². The first-order valence-corrected chi connectivity index (χ1v) is 8.08. The van der Waals surface area contributed by atoms with Gasteiger partial charge in [-0.2, -0.15) is 0 Å². The lowest BCUT2D eigenvalue weighted by molar-refractivity contribution is -0.142. The van der Waals surface area contributed by atoms with Gasteiger partial charge >= 0.3 is 0 Å². The van der Waals surface area contributed by atoms with Gasteiger partial charge in [0.2, 0.25) is 0 Å². The van der Waals surface area contributed by atoms with Crippen molar-refractivity contribution in [2.24, 2.45) is 0 Å². The number of nitrogens with zero attached hydrogens (tertiary/aromatic N) is 2. The Balaban J connectivity index is 1.54. The van der Waals surface area contributed by atoms with Crippen molar-refractivity contribution in [1.29, 1.82) is 0 Å². The van der Waals surface area contributed by atoms with Crippen LogP contribution in [0.3, 0.4) is 0 Å². The van der Waals surface area contributed by atoms with E-state index in [4.69, 9.17) is 16.3 Å². The summed E-state index contributed by atoms with van der Waals surface area (Å²) in [5.41, 5.74) is 0.531. The largest absolute Gasteiger partial charge is 0.368 e. The van der Waals surface area contributed by atoms with Gasteiger partial charge in [-0.25, -0.2) is 4.39 Å². The lowest BCUT2D eigenvalue weighted by Crippen LogP contribution is -2.51. The van der Waals surface area contributed by atoms with Crippen LogP contribution < -0.4 is 0 Å². The summed E-state index contributed by atoms with van der Waals surface area (Å²) in [6, 6.07) is 4.75. The normalized spacial score (nSPS) is 23.0. The third kappa shape index (κ3) is 3.42. The molecule has 0 radical (unpaired) electrons. The molecule has 0 N–H and O–H groups in total. The minimum Gasteiger partial charge on any atom is -0.368 e. The zero-order chi connectivity index (χ0) is 15.5. The molecule has 2 aliphatic rings. The van der Waals surface area contributed by atoms with E-state index in [9.17, 15) is 9.18 Å². The van der Waals surface area contributed by atoms with Gasteiger partial charge < -0.3 is 9.64 Å². The number of carbonyl (C=O) groups is 1. The lowest BCUT2D eigenvalue weighted by atomic mass is 10.1. The van der Waals surface area contributed by atoms with Crippen LogP contribution in [0.5, 0.6) is 0 Å². The number of benzene rings is 1. The number of piperazine rings is 1. The second kappa shape index (κ2) is 6.94. The molecule has 0 bridgehead atoms. The van der Waals surface area contributed by atoms with Crippen LogP contribution in [0, 0.1) is 5.82 Å². The predicted molar refractivity (Wildman–Crippen MR) is 82.2 cm³/mol. The number of hydrogen-bond acceptors (Lipinski definition) is 3. The SMILES string of the molecule is O=C([C@@H]1CCCO1)N1CCN(Cc2c(F)cccc2Cl)CC1. The summed E-state index contributed by atoms with van der Waals surface area (Å²) in [6.07, 6.45) is 1.53. The summed E-state index contributed by atoms with van der Waals surface area (Å²) in [5.74, 6) is -0.175. The van der Waals surface area contributed by atoms with Crippen LogP contribution in [0.15, 0.2) is 18.2 Å². The van der Waals surface area contributed by atoms with Gasteiger partial charge in [0, 0.05) is 49.9 Å². The van der Waals surface area contributed by atoms with Crippen LogP contribution in [0.1, 0.15) is 18.4 Å². The summed E-state index contributed by atoms with van der Waals surface area (Å²) in [6.45, 7) is 3.93. The molecule has 0 spiro atoms. The first-order valence-electron chi connectivity index (χ1n) is 7.71. The Morgan fingerprint density at radius 2 is 2.09 bits per heavy atom. The zero-order valence-electron chi connectivity index (χ0n) is 12.4. The van der Waals surface area contributed by atoms with Crippen molar-refractivity contribution in [3.05, 3.63) is 34.6 Å². The van der Waals surface area contributed by atoms with E-state index in [0.717, 1.165) is 25.9 Å². The highest BCUT2D eigenvalue weighted by atomic mass is 35.5. The predicted octanol–water partition coefficient (Wildman–Crippen LogP) is 2.30. The van der Waals surface area contributed by atoms with E-state index >= 15 is 0 Å².